The van der Waals surface area contributed by atoms with Crippen LogP contribution in [0.1, 0.15) is 0 Å². The van der Waals surface area contributed by atoms with Crippen LogP contribution in [0.2, 0.25) is 5.02 Å². The summed E-state index contributed by atoms with van der Waals surface area (Å²) in [4.78, 5) is 17.8. The van der Waals surface area contributed by atoms with Crippen molar-refractivity contribution in [2.75, 3.05) is 50.7 Å². The molecule has 39 heavy (non-hydrogen) atoms. The number of amides is 1. The van der Waals surface area contributed by atoms with Crippen molar-refractivity contribution in [3.05, 3.63) is 90.0 Å². The summed E-state index contributed by atoms with van der Waals surface area (Å²) >= 11 is 6.14. The van der Waals surface area contributed by atoms with E-state index in [1.165, 1.54) is 28.6 Å². The summed E-state index contributed by atoms with van der Waals surface area (Å²) in [5.41, 5.74) is 0.945. The summed E-state index contributed by atoms with van der Waals surface area (Å²) in [6.07, 6.45) is 0. The van der Waals surface area contributed by atoms with Crippen LogP contribution in [0, 0.1) is 0 Å². The number of piperazine rings is 2. The Morgan fingerprint density at radius 3 is 1.87 bits per heavy atom. The van der Waals surface area contributed by atoms with Crippen molar-refractivity contribution in [3.63, 3.8) is 0 Å². The van der Waals surface area contributed by atoms with Gasteiger partial charge in [-0.3, -0.25) is 4.79 Å². The van der Waals surface area contributed by atoms with Crippen LogP contribution in [0.15, 0.2) is 94.7 Å². The Labute approximate surface area is 234 Å². The highest BCUT2D eigenvalue weighted by Gasteiger charge is 2.45. The Bertz CT molecular complexity index is 1530. The second-order valence-corrected chi connectivity index (χ2v) is 13.7. The first-order chi connectivity index (χ1) is 18.7. The summed E-state index contributed by atoms with van der Waals surface area (Å²) < 4.78 is 56.5. The molecule has 2 heterocycles. The molecule has 1 amide bonds. The number of carbonyl (C=O) groups excluding carboxylic acids is 1. The number of anilines is 1. The monoisotopic (exact) mass is 588 g/mol. The summed E-state index contributed by atoms with van der Waals surface area (Å²) in [5, 5.41) is 0.620. The molecule has 3 aromatic rings. The van der Waals surface area contributed by atoms with E-state index in [0.717, 1.165) is 9.99 Å². The molecule has 0 aromatic heterocycles. The van der Waals surface area contributed by atoms with Crippen molar-refractivity contribution >= 4 is 43.2 Å². The van der Waals surface area contributed by atoms with E-state index in [1.54, 1.807) is 47.4 Å². The number of halogens is 1. The fourth-order valence-corrected chi connectivity index (χ4v) is 8.22. The van der Waals surface area contributed by atoms with Crippen LogP contribution >= 0.6 is 11.6 Å². The van der Waals surface area contributed by atoms with Gasteiger partial charge in [0.1, 0.15) is 6.04 Å². The number of benzene rings is 3. The summed E-state index contributed by atoms with van der Waals surface area (Å²) in [6, 6.07) is 22.2. The van der Waals surface area contributed by atoms with Crippen molar-refractivity contribution in [2.24, 2.45) is 0 Å². The van der Waals surface area contributed by atoms with E-state index in [0.29, 0.717) is 31.2 Å². The molecule has 206 valence electrons. The fraction of sp³-hybridized carbons (Fsp3) is 0.296. The molecule has 9 nitrogen and oxygen atoms in total. The fourth-order valence-electron chi connectivity index (χ4n) is 4.99. The number of nitrogens with zero attached hydrogens (tertiary/aromatic N) is 4. The van der Waals surface area contributed by atoms with Gasteiger partial charge in [0.15, 0.2) is 0 Å². The third-order valence-corrected chi connectivity index (χ3v) is 11.1. The van der Waals surface area contributed by atoms with Gasteiger partial charge in [0, 0.05) is 56.5 Å². The van der Waals surface area contributed by atoms with Gasteiger partial charge in [0.25, 0.3) is 0 Å². The molecule has 2 aliphatic heterocycles. The van der Waals surface area contributed by atoms with E-state index in [9.17, 15) is 21.6 Å². The van der Waals surface area contributed by atoms with Crippen LogP contribution < -0.4 is 4.90 Å². The zero-order valence-corrected chi connectivity index (χ0v) is 23.5. The highest BCUT2D eigenvalue weighted by atomic mass is 35.5. The van der Waals surface area contributed by atoms with Crippen molar-refractivity contribution in [1.29, 1.82) is 0 Å². The smallest absolute Gasteiger partial charge is 0.243 e. The normalized spacial score (nSPS) is 19.7. The van der Waals surface area contributed by atoms with Gasteiger partial charge in [0.05, 0.1) is 9.79 Å². The number of hydrogen-bond acceptors (Lipinski definition) is 6. The minimum absolute atomic E-state index is 0.0599. The van der Waals surface area contributed by atoms with Gasteiger partial charge in [-0.15, -0.1) is 0 Å². The maximum absolute atomic E-state index is 13.9. The largest absolute Gasteiger partial charge is 0.368 e. The molecule has 0 N–H and O–H groups in total. The van der Waals surface area contributed by atoms with Crippen molar-refractivity contribution in [3.8, 4) is 0 Å². The minimum Gasteiger partial charge on any atom is -0.368 e. The molecular formula is C27H29ClN4O5S2. The predicted octanol–water partition coefficient (Wildman–Crippen LogP) is 2.75. The SMILES string of the molecule is O=C(C1CN(S(=O)(=O)c2ccccc2)CCN1S(=O)(=O)c1ccccc1)N1CCN(c2cccc(Cl)c2)CC1. The van der Waals surface area contributed by atoms with Crippen LogP contribution in [-0.4, -0.2) is 88.1 Å². The number of rotatable bonds is 6. The highest BCUT2D eigenvalue weighted by molar-refractivity contribution is 7.89. The molecule has 0 radical (unpaired) electrons. The van der Waals surface area contributed by atoms with Gasteiger partial charge in [-0.05, 0) is 42.5 Å². The molecule has 2 aliphatic rings. The van der Waals surface area contributed by atoms with E-state index < -0.39 is 32.0 Å². The average molecular weight is 589 g/mol. The molecule has 2 fully saturated rings. The van der Waals surface area contributed by atoms with E-state index in [1.807, 2.05) is 18.2 Å². The lowest BCUT2D eigenvalue weighted by Gasteiger charge is -2.43. The second-order valence-electron chi connectivity index (χ2n) is 9.41. The average Bonchev–Trinajstić information content (AvgIpc) is 2.97. The molecule has 0 saturated carbocycles. The first-order valence-corrected chi connectivity index (χ1v) is 15.8. The lowest BCUT2D eigenvalue weighted by molar-refractivity contribution is -0.136. The van der Waals surface area contributed by atoms with Crippen LogP contribution in [-0.2, 0) is 24.8 Å². The third-order valence-electron chi connectivity index (χ3n) is 7.07. The Balaban J connectivity index is 1.41. The van der Waals surface area contributed by atoms with Gasteiger partial charge in [-0.1, -0.05) is 54.1 Å². The molecule has 0 spiro atoms. The predicted molar refractivity (Wildman–Crippen MR) is 150 cm³/mol. The Morgan fingerprint density at radius 2 is 1.28 bits per heavy atom. The Kier molecular flexibility index (Phi) is 7.97. The molecule has 0 aliphatic carbocycles. The minimum atomic E-state index is -4.05. The lowest BCUT2D eigenvalue weighted by Crippen LogP contribution is -2.63. The first-order valence-electron chi connectivity index (χ1n) is 12.6. The number of sulfonamides is 2. The van der Waals surface area contributed by atoms with Crippen LogP contribution in [0.3, 0.4) is 0 Å². The summed E-state index contributed by atoms with van der Waals surface area (Å²) in [7, 11) is -7.97. The van der Waals surface area contributed by atoms with E-state index in [4.69, 9.17) is 11.6 Å². The maximum Gasteiger partial charge on any atom is 0.243 e. The number of carbonyl (C=O) groups is 1. The Morgan fingerprint density at radius 1 is 0.692 bits per heavy atom. The van der Waals surface area contributed by atoms with Gasteiger partial charge >= 0.3 is 0 Å². The number of hydrogen-bond donors (Lipinski definition) is 0. The van der Waals surface area contributed by atoms with Gasteiger partial charge in [0.2, 0.25) is 26.0 Å². The van der Waals surface area contributed by atoms with Crippen molar-refractivity contribution in [2.45, 2.75) is 15.8 Å². The zero-order chi connectivity index (χ0) is 27.6. The molecule has 0 bridgehead atoms. The maximum atomic E-state index is 13.9. The van der Waals surface area contributed by atoms with Gasteiger partial charge in [-0.25, -0.2) is 16.8 Å². The zero-order valence-electron chi connectivity index (χ0n) is 21.1. The molecule has 3 aromatic carbocycles. The van der Waals surface area contributed by atoms with Crippen molar-refractivity contribution in [1.82, 2.24) is 13.5 Å². The van der Waals surface area contributed by atoms with Crippen molar-refractivity contribution < 1.29 is 21.6 Å². The molecule has 1 atom stereocenters. The third kappa shape index (κ3) is 5.68. The molecule has 1 unspecified atom stereocenters. The first kappa shape index (κ1) is 27.6. The summed E-state index contributed by atoms with van der Waals surface area (Å²) in [6.45, 7) is 1.35. The van der Waals surface area contributed by atoms with Gasteiger partial charge in [-0.2, -0.15) is 8.61 Å². The quantitative estimate of drug-likeness (QED) is 0.439. The Hall–Kier alpha value is -2.96. The highest BCUT2D eigenvalue weighted by Crippen LogP contribution is 2.27. The molecule has 12 heteroatoms. The summed E-state index contributed by atoms with van der Waals surface area (Å²) in [5.74, 6) is -0.409. The lowest BCUT2D eigenvalue weighted by atomic mass is 10.1. The van der Waals surface area contributed by atoms with Crippen LogP contribution in [0.25, 0.3) is 0 Å². The topological polar surface area (TPSA) is 98.3 Å². The van der Waals surface area contributed by atoms with Gasteiger partial charge < -0.3 is 9.80 Å². The van der Waals surface area contributed by atoms with E-state index in [2.05, 4.69) is 4.90 Å². The second kappa shape index (κ2) is 11.3. The van der Waals surface area contributed by atoms with E-state index >= 15 is 0 Å². The van der Waals surface area contributed by atoms with E-state index in [-0.39, 0.29) is 29.4 Å². The molecule has 5 rings (SSSR count). The van der Waals surface area contributed by atoms with Crippen LogP contribution in [0.5, 0.6) is 0 Å². The van der Waals surface area contributed by atoms with Crippen LogP contribution in [0.4, 0.5) is 5.69 Å². The molecule has 2 saturated heterocycles. The molecular weight excluding hydrogens is 560 g/mol. The standard InChI is InChI=1S/C27H29ClN4O5S2/c28-22-8-7-9-23(20-22)29-14-16-30(17-15-29)27(33)26-21-31(38(34,35)24-10-3-1-4-11-24)18-19-32(26)39(36,37)25-12-5-2-6-13-25/h1-13,20,26H,14-19,21H2.